The lowest BCUT2D eigenvalue weighted by Gasteiger charge is -2.39. The van der Waals surface area contributed by atoms with Crippen molar-refractivity contribution in [2.45, 2.75) is 52.2 Å². The van der Waals surface area contributed by atoms with Crippen LogP contribution in [0.15, 0.2) is 18.2 Å². The number of hydrogen-bond donors (Lipinski definition) is 2. The second-order valence-electron chi connectivity index (χ2n) is 7.93. The van der Waals surface area contributed by atoms with Crippen molar-refractivity contribution in [1.82, 2.24) is 10.2 Å². The molecule has 1 heterocycles. The molecule has 1 aromatic carbocycles. The Morgan fingerprint density at radius 3 is 2.50 bits per heavy atom. The van der Waals surface area contributed by atoms with Crippen LogP contribution in [-0.4, -0.2) is 48.0 Å². The number of halogens is 1. The molecule has 1 saturated heterocycles. The number of benzene rings is 1. The molecular weight excluding hydrogens is 382 g/mol. The van der Waals surface area contributed by atoms with Crippen molar-refractivity contribution in [3.63, 3.8) is 0 Å². The molecule has 0 radical (unpaired) electrons. The van der Waals surface area contributed by atoms with Gasteiger partial charge in [0, 0.05) is 25.3 Å². The number of piperidine rings is 1. The summed E-state index contributed by atoms with van der Waals surface area (Å²) in [5.74, 6) is -0.847. The lowest BCUT2D eigenvalue weighted by molar-refractivity contribution is -0.123. The number of hydrogen-bond acceptors (Lipinski definition) is 4. The minimum absolute atomic E-state index is 0.190. The Labute approximate surface area is 170 Å². The Morgan fingerprint density at radius 1 is 1.25 bits per heavy atom. The molecule has 3 amide bonds. The fraction of sp³-hybridized carbons (Fsp3) is 0.550. The SMILES string of the molecule is CNC(=O)c1ccc(NC(=O)C2CCCN(C(=O)OC(C)(C)C)C2C)cc1Cl. The van der Waals surface area contributed by atoms with Gasteiger partial charge in [0.1, 0.15) is 5.60 Å². The number of nitrogens with zero attached hydrogens (tertiary/aromatic N) is 1. The van der Waals surface area contributed by atoms with E-state index in [-0.39, 0.29) is 28.8 Å². The summed E-state index contributed by atoms with van der Waals surface area (Å²) in [5.41, 5.74) is 0.253. The third kappa shape index (κ3) is 5.38. The summed E-state index contributed by atoms with van der Waals surface area (Å²) in [7, 11) is 1.52. The Kier molecular flexibility index (Phi) is 6.93. The molecule has 154 valence electrons. The predicted molar refractivity (Wildman–Crippen MR) is 109 cm³/mol. The summed E-state index contributed by atoms with van der Waals surface area (Å²) in [6, 6.07) is 4.45. The van der Waals surface area contributed by atoms with Crippen molar-refractivity contribution in [2.24, 2.45) is 5.92 Å². The molecule has 0 aliphatic carbocycles. The molecule has 1 aliphatic heterocycles. The quantitative estimate of drug-likeness (QED) is 0.797. The van der Waals surface area contributed by atoms with E-state index in [1.165, 1.54) is 7.05 Å². The van der Waals surface area contributed by atoms with Gasteiger partial charge in [0.05, 0.1) is 16.5 Å². The first-order chi connectivity index (χ1) is 13.0. The zero-order chi connectivity index (χ0) is 21.1. The van der Waals surface area contributed by atoms with Crippen LogP contribution >= 0.6 is 11.6 Å². The first kappa shape index (κ1) is 22.0. The summed E-state index contributed by atoms with van der Waals surface area (Å²) in [4.78, 5) is 38.6. The van der Waals surface area contributed by atoms with Crippen LogP contribution < -0.4 is 10.6 Å². The third-order valence-corrected chi connectivity index (χ3v) is 4.97. The molecule has 2 rings (SSSR count). The van der Waals surface area contributed by atoms with Crippen molar-refractivity contribution in [3.8, 4) is 0 Å². The Hall–Kier alpha value is -2.28. The van der Waals surface area contributed by atoms with Crippen molar-refractivity contribution in [3.05, 3.63) is 28.8 Å². The van der Waals surface area contributed by atoms with Gasteiger partial charge in [-0.05, 0) is 58.7 Å². The van der Waals surface area contributed by atoms with E-state index in [1.807, 2.05) is 27.7 Å². The maximum absolute atomic E-state index is 12.8. The monoisotopic (exact) mass is 409 g/mol. The van der Waals surface area contributed by atoms with Crippen molar-refractivity contribution in [1.29, 1.82) is 0 Å². The molecule has 7 nitrogen and oxygen atoms in total. The second kappa shape index (κ2) is 8.82. The van der Waals surface area contributed by atoms with Gasteiger partial charge < -0.3 is 20.3 Å². The number of carbonyl (C=O) groups excluding carboxylic acids is 3. The van der Waals surface area contributed by atoms with Crippen LogP contribution in [0.5, 0.6) is 0 Å². The average molecular weight is 410 g/mol. The standard InChI is InChI=1S/C20H28ClN3O4/c1-12-14(7-6-10-24(12)19(27)28-20(2,3)4)18(26)23-13-8-9-15(16(21)11-13)17(25)22-5/h8-9,11-12,14H,6-7,10H2,1-5H3,(H,22,25)(H,23,26). The maximum Gasteiger partial charge on any atom is 0.410 e. The molecule has 1 aromatic rings. The van der Waals surface area contributed by atoms with E-state index in [2.05, 4.69) is 10.6 Å². The summed E-state index contributed by atoms with van der Waals surface area (Å²) in [6.45, 7) is 7.86. The van der Waals surface area contributed by atoms with Gasteiger partial charge >= 0.3 is 6.09 Å². The van der Waals surface area contributed by atoms with Crippen LogP contribution in [0.1, 0.15) is 50.9 Å². The molecule has 2 N–H and O–H groups in total. The average Bonchev–Trinajstić information content (AvgIpc) is 2.59. The third-order valence-electron chi connectivity index (χ3n) is 4.66. The molecule has 2 atom stereocenters. The first-order valence-electron chi connectivity index (χ1n) is 9.35. The minimum atomic E-state index is -0.588. The van der Waals surface area contributed by atoms with Crippen LogP contribution in [0, 0.1) is 5.92 Å². The highest BCUT2D eigenvalue weighted by Crippen LogP contribution is 2.28. The number of amides is 3. The van der Waals surface area contributed by atoms with Gasteiger partial charge in [0.25, 0.3) is 5.91 Å². The summed E-state index contributed by atoms with van der Waals surface area (Å²) >= 11 is 6.15. The highest BCUT2D eigenvalue weighted by molar-refractivity contribution is 6.34. The minimum Gasteiger partial charge on any atom is -0.444 e. The summed E-state index contributed by atoms with van der Waals surface area (Å²) in [5, 5.41) is 5.61. The number of rotatable bonds is 3. The van der Waals surface area contributed by atoms with Gasteiger partial charge in [0.15, 0.2) is 0 Å². The molecule has 1 aliphatic rings. The van der Waals surface area contributed by atoms with Crippen molar-refractivity contribution >= 4 is 35.2 Å². The Bertz CT molecular complexity index is 760. The van der Waals surface area contributed by atoms with E-state index >= 15 is 0 Å². The Morgan fingerprint density at radius 2 is 1.93 bits per heavy atom. The van der Waals surface area contributed by atoms with Gasteiger partial charge in [-0.2, -0.15) is 0 Å². The van der Waals surface area contributed by atoms with Gasteiger partial charge in [-0.15, -0.1) is 0 Å². The van der Waals surface area contributed by atoms with Gasteiger partial charge in [0.2, 0.25) is 5.91 Å². The number of nitrogens with one attached hydrogen (secondary N) is 2. The number of carbonyl (C=O) groups is 3. The molecule has 0 spiro atoms. The lowest BCUT2D eigenvalue weighted by Crippen LogP contribution is -2.51. The van der Waals surface area contributed by atoms with Crippen LogP contribution in [0.25, 0.3) is 0 Å². The topological polar surface area (TPSA) is 87.7 Å². The van der Waals surface area contributed by atoms with Crippen molar-refractivity contribution < 1.29 is 19.1 Å². The van der Waals surface area contributed by atoms with E-state index in [9.17, 15) is 14.4 Å². The van der Waals surface area contributed by atoms with E-state index in [4.69, 9.17) is 16.3 Å². The first-order valence-corrected chi connectivity index (χ1v) is 9.73. The normalized spacial score (nSPS) is 19.7. The van der Waals surface area contributed by atoms with Crippen LogP contribution in [0.3, 0.4) is 0 Å². The molecule has 1 fully saturated rings. The van der Waals surface area contributed by atoms with Crippen LogP contribution in [0.2, 0.25) is 5.02 Å². The van der Waals surface area contributed by atoms with E-state index in [0.717, 1.165) is 6.42 Å². The smallest absolute Gasteiger partial charge is 0.410 e. The summed E-state index contributed by atoms with van der Waals surface area (Å²) in [6.07, 6.45) is 0.990. The fourth-order valence-corrected chi connectivity index (χ4v) is 3.48. The van der Waals surface area contributed by atoms with Crippen molar-refractivity contribution in [2.75, 3.05) is 18.9 Å². The molecule has 2 unspecified atom stereocenters. The molecule has 0 aromatic heterocycles. The lowest BCUT2D eigenvalue weighted by atomic mass is 9.89. The van der Waals surface area contributed by atoms with Crippen LogP contribution in [0.4, 0.5) is 10.5 Å². The zero-order valence-corrected chi connectivity index (χ0v) is 17.7. The number of ether oxygens (including phenoxy) is 1. The fourth-order valence-electron chi connectivity index (χ4n) is 3.22. The van der Waals surface area contributed by atoms with E-state index < -0.39 is 11.7 Å². The number of anilines is 1. The second-order valence-corrected chi connectivity index (χ2v) is 8.33. The molecule has 0 saturated carbocycles. The van der Waals surface area contributed by atoms with Gasteiger partial charge in [-0.25, -0.2) is 4.79 Å². The largest absolute Gasteiger partial charge is 0.444 e. The Balaban J connectivity index is 2.08. The molecule has 0 bridgehead atoms. The van der Waals surface area contributed by atoms with Gasteiger partial charge in [-0.1, -0.05) is 11.6 Å². The molecular formula is C20H28ClN3O4. The molecule has 8 heteroatoms. The van der Waals surface area contributed by atoms with Gasteiger partial charge in [-0.3, -0.25) is 9.59 Å². The zero-order valence-electron chi connectivity index (χ0n) is 17.0. The van der Waals surface area contributed by atoms with E-state index in [1.54, 1.807) is 23.1 Å². The predicted octanol–water partition coefficient (Wildman–Crippen LogP) is 3.67. The molecule has 28 heavy (non-hydrogen) atoms. The summed E-state index contributed by atoms with van der Waals surface area (Å²) < 4.78 is 5.46. The highest BCUT2D eigenvalue weighted by atomic mass is 35.5. The van der Waals surface area contributed by atoms with Crippen LogP contribution in [-0.2, 0) is 9.53 Å². The van der Waals surface area contributed by atoms with E-state index in [0.29, 0.717) is 24.2 Å². The maximum atomic E-state index is 12.8. The highest BCUT2D eigenvalue weighted by Gasteiger charge is 2.37. The number of likely N-dealkylation sites (tertiary alicyclic amines) is 1.